The highest BCUT2D eigenvalue weighted by atomic mass is 16.2. The Morgan fingerprint density at radius 1 is 1.02 bits per heavy atom. The first-order valence-corrected chi connectivity index (χ1v) is 14.1. The van der Waals surface area contributed by atoms with E-state index in [2.05, 4.69) is 31.2 Å². The lowest BCUT2D eigenvalue weighted by molar-refractivity contribution is -0.133. The molecule has 3 aliphatic heterocycles. The van der Waals surface area contributed by atoms with E-state index in [1.54, 1.807) is 6.20 Å². The number of carbonyl (C=O) groups is 4. The second-order valence-electron chi connectivity index (χ2n) is 11.2. The van der Waals surface area contributed by atoms with Crippen molar-refractivity contribution in [2.24, 2.45) is 5.92 Å². The largest absolute Gasteiger partial charge is 0.347 e. The smallest absolute Gasteiger partial charge is 0.243 e. The second-order valence-corrected chi connectivity index (χ2v) is 11.2. The van der Waals surface area contributed by atoms with Gasteiger partial charge < -0.3 is 26.2 Å². The molecule has 40 heavy (non-hydrogen) atoms. The van der Waals surface area contributed by atoms with Gasteiger partial charge in [-0.25, -0.2) is 4.98 Å². The lowest BCUT2D eigenvalue weighted by atomic mass is 9.79. The van der Waals surface area contributed by atoms with Crippen molar-refractivity contribution in [3.05, 3.63) is 53.2 Å². The molecule has 1 aromatic carbocycles. The first-order chi connectivity index (χ1) is 19.4. The Labute approximate surface area is 233 Å². The molecule has 4 aliphatic rings. The summed E-state index contributed by atoms with van der Waals surface area (Å²) < 4.78 is 0. The highest BCUT2D eigenvalue weighted by Gasteiger charge is 2.51. The predicted octanol–water partition coefficient (Wildman–Crippen LogP) is 0.269. The molecule has 1 unspecified atom stereocenters. The van der Waals surface area contributed by atoms with Crippen molar-refractivity contribution in [3.8, 4) is 0 Å². The zero-order valence-corrected chi connectivity index (χ0v) is 22.5. The zero-order chi connectivity index (χ0) is 27.7. The number of piperidine rings is 1. The van der Waals surface area contributed by atoms with E-state index in [-0.39, 0.29) is 36.1 Å². The number of pyridine rings is 1. The van der Waals surface area contributed by atoms with Crippen LogP contribution in [-0.4, -0.2) is 90.8 Å². The molecule has 6 rings (SSSR count). The van der Waals surface area contributed by atoms with E-state index in [1.165, 1.54) is 0 Å². The van der Waals surface area contributed by atoms with Crippen molar-refractivity contribution in [2.75, 3.05) is 63.0 Å². The van der Waals surface area contributed by atoms with Crippen LogP contribution < -0.4 is 21.3 Å². The highest BCUT2D eigenvalue weighted by molar-refractivity contribution is 6.06. The molecule has 2 saturated heterocycles. The molecule has 11 nitrogen and oxygen atoms in total. The van der Waals surface area contributed by atoms with Crippen molar-refractivity contribution < 1.29 is 19.2 Å². The second kappa shape index (κ2) is 11.0. The summed E-state index contributed by atoms with van der Waals surface area (Å²) in [5.74, 6) is 0.147. The number of likely N-dealkylation sites (tertiary alicyclic amines) is 1. The number of amides is 4. The fraction of sp³-hybridized carbons (Fsp3) is 0.483. The van der Waals surface area contributed by atoms with Gasteiger partial charge in [-0.1, -0.05) is 12.1 Å². The number of benzene rings is 1. The Morgan fingerprint density at radius 2 is 1.80 bits per heavy atom. The first kappa shape index (κ1) is 26.4. The van der Waals surface area contributed by atoms with E-state index in [9.17, 15) is 19.2 Å². The lowest BCUT2D eigenvalue weighted by Gasteiger charge is -2.33. The summed E-state index contributed by atoms with van der Waals surface area (Å²) in [5.41, 5.74) is 3.01. The van der Waals surface area contributed by atoms with Gasteiger partial charge in [-0.3, -0.25) is 24.1 Å². The average Bonchev–Trinajstić information content (AvgIpc) is 3.49. The van der Waals surface area contributed by atoms with Crippen molar-refractivity contribution in [2.45, 2.75) is 31.1 Å². The van der Waals surface area contributed by atoms with E-state index in [1.807, 2.05) is 35.2 Å². The molecule has 4 heterocycles. The van der Waals surface area contributed by atoms with Gasteiger partial charge in [0.25, 0.3) is 0 Å². The quantitative estimate of drug-likeness (QED) is 0.409. The average molecular weight is 546 g/mol. The molecule has 1 aliphatic carbocycles. The summed E-state index contributed by atoms with van der Waals surface area (Å²) >= 11 is 0. The van der Waals surface area contributed by atoms with Crippen LogP contribution in [0.3, 0.4) is 0 Å². The van der Waals surface area contributed by atoms with Crippen LogP contribution in [0.25, 0.3) is 0 Å². The molecule has 0 bridgehead atoms. The van der Waals surface area contributed by atoms with E-state index >= 15 is 0 Å². The van der Waals surface area contributed by atoms with Crippen molar-refractivity contribution >= 4 is 35.1 Å². The Hall–Kier alpha value is -3.83. The molecule has 1 aromatic heterocycles. The third-order valence-electron chi connectivity index (χ3n) is 8.67. The summed E-state index contributed by atoms with van der Waals surface area (Å²) in [4.78, 5) is 59.1. The van der Waals surface area contributed by atoms with E-state index in [0.29, 0.717) is 56.8 Å². The van der Waals surface area contributed by atoms with Crippen molar-refractivity contribution in [1.82, 2.24) is 25.4 Å². The highest BCUT2D eigenvalue weighted by Crippen LogP contribution is 2.46. The van der Waals surface area contributed by atoms with E-state index in [4.69, 9.17) is 0 Å². The maximum atomic E-state index is 12.9. The standard InChI is InChI=1S/C29H35N7O4/c37-24(17-32-27(39)19-5-10-35(11-6-19)18-25(38)36-12-8-30-9-13-36)33-22-4-3-20-15-29(16-21(20)14-22)23-2-1-7-31-26(23)34-28(29)40/h1-4,7,14,19,30H,5-6,8-13,15-18H2,(H,32,39)(H,33,37)(H,31,34,40). The summed E-state index contributed by atoms with van der Waals surface area (Å²) in [7, 11) is 0. The lowest BCUT2D eigenvalue weighted by Crippen LogP contribution is -2.51. The number of fused-ring (bicyclic) bond motifs is 3. The Bertz CT molecular complexity index is 1330. The molecular formula is C29H35N7O4. The van der Waals surface area contributed by atoms with Crippen LogP contribution in [0.1, 0.15) is 29.5 Å². The number of nitrogens with zero attached hydrogens (tertiary/aromatic N) is 3. The van der Waals surface area contributed by atoms with Gasteiger partial charge in [-0.15, -0.1) is 0 Å². The molecule has 4 N–H and O–H groups in total. The third kappa shape index (κ3) is 5.18. The predicted molar refractivity (Wildman–Crippen MR) is 149 cm³/mol. The number of nitrogens with one attached hydrogen (secondary N) is 4. The monoisotopic (exact) mass is 545 g/mol. The number of carbonyl (C=O) groups excluding carboxylic acids is 4. The van der Waals surface area contributed by atoms with Gasteiger partial charge in [0.05, 0.1) is 18.5 Å². The SMILES string of the molecule is O=C(CNC(=O)C1CCN(CC(=O)N2CCNCC2)CC1)Nc1ccc2c(c1)CC1(C2)C(=O)Nc2ncccc21. The summed E-state index contributed by atoms with van der Waals surface area (Å²) in [6, 6.07) is 9.52. The van der Waals surface area contributed by atoms with Gasteiger partial charge in [0, 0.05) is 49.5 Å². The first-order valence-electron chi connectivity index (χ1n) is 14.1. The topological polar surface area (TPSA) is 136 Å². The normalized spacial score (nSPS) is 22.5. The molecule has 11 heteroatoms. The number of anilines is 2. The Morgan fingerprint density at radius 3 is 2.60 bits per heavy atom. The van der Waals surface area contributed by atoms with Gasteiger partial charge >= 0.3 is 0 Å². The molecule has 1 spiro atoms. The maximum Gasteiger partial charge on any atom is 0.243 e. The minimum absolute atomic E-state index is 0.0392. The minimum atomic E-state index is -0.656. The van der Waals surface area contributed by atoms with Crippen LogP contribution >= 0.6 is 0 Å². The number of hydrogen-bond donors (Lipinski definition) is 4. The van der Waals surface area contributed by atoms with Gasteiger partial charge in [0.2, 0.25) is 23.6 Å². The van der Waals surface area contributed by atoms with Crippen LogP contribution in [0.15, 0.2) is 36.5 Å². The number of aromatic nitrogens is 1. The Balaban J connectivity index is 0.965. The van der Waals surface area contributed by atoms with Gasteiger partial charge in [0.1, 0.15) is 5.82 Å². The van der Waals surface area contributed by atoms with Crippen molar-refractivity contribution in [1.29, 1.82) is 0 Å². The third-order valence-corrected chi connectivity index (χ3v) is 8.67. The van der Waals surface area contributed by atoms with E-state index < -0.39 is 5.41 Å². The maximum absolute atomic E-state index is 12.9. The Kier molecular flexibility index (Phi) is 7.24. The van der Waals surface area contributed by atoms with Gasteiger partial charge in [0.15, 0.2) is 0 Å². The molecule has 210 valence electrons. The van der Waals surface area contributed by atoms with Gasteiger partial charge in [-0.2, -0.15) is 0 Å². The minimum Gasteiger partial charge on any atom is -0.347 e. The fourth-order valence-electron chi connectivity index (χ4n) is 6.42. The molecular weight excluding hydrogens is 510 g/mol. The molecule has 0 saturated carbocycles. The number of hydrogen-bond acceptors (Lipinski definition) is 7. The van der Waals surface area contributed by atoms with Crippen LogP contribution in [0.4, 0.5) is 11.5 Å². The van der Waals surface area contributed by atoms with Crippen LogP contribution in [0.2, 0.25) is 0 Å². The molecule has 4 amide bonds. The zero-order valence-electron chi connectivity index (χ0n) is 22.5. The number of piperazine rings is 1. The molecule has 2 aromatic rings. The summed E-state index contributed by atoms with van der Waals surface area (Å²) in [6.07, 6.45) is 4.15. The molecule has 1 atom stereocenters. The summed E-state index contributed by atoms with van der Waals surface area (Å²) in [5, 5.41) is 11.8. The number of rotatable bonds is 6. The molecule has 0 radical (unpaired) electrons. The fourth-order valence-corrected chi connectivity index (χ4v) is 6.42. The van der Waals surface area contributed by atoms with Crippen LogP contribution in [0, 0.1) is 5.92 Å². The van der Waals surface area contributed by atoms with Crippen LogP contribution in [0.5, 0.6) is 0 Å². The van der Waals surface area contributed by atoms with Crippen LogP contribution in [-0.2, 0) is 37.4 Å². The van der Waals surface area contributed by atoms with E-state index in [0.717, 1.165) is 42.9 Å². The molecule has 2 fully saturated rings. The summed E-state index contributed by atoms with van der Waals surface area (Å²) in [6.45, 7) is 4.83. The van der Waals surface area contributed by atoms with Crippen molar-refractivity contribution in [3.63, 3.8) is 0 Å². The van der Waals surface area contributed by atoms with Gasteiger partial charge in [-0.05, 0) is 68.1 Å².